The van der Waals surface area contributed by atoms with Crippen molar-refractivity contribution in [1.82, 2.24) is 24.6 Å². The number of imidazole rings is 1. The van der Waals surface area contributed by atoms with Crippen LogP contribution in [0, 0.1) is 13.8 Å². The van der Waals surface area contributed by atoms with Gasteiger partial charge in [0.05, 0.1) is 36.3 Å². The predicted octanol–water partition coefficient (Wildman–Crippen LogP) is 2.74. The van der Waals surface area contributed by atoms with Crippen LogP contribution in [0.25, 0.3) is 5.76 Å². The van der Waals surface area contributed by atoms with E-state index in [1.165, 1.54) is 12.0 Å². The number of aliphatic hydroxyl groups is 1. The van der Waals surface area contributed by atoms with Gasteiger partial charge >= 0.3 is 0 Å². The van der Waals surface area contributed by atoms with Crippen LogP contribution in [-0.2, 0) is 16.1 Å². The van der Waals surface area contributed by atoms with Crippen molar-refractivity contribution >= 4 is 17.4 Å². The maximum atomic E-state index is 13.2. The van der Waals surface area contributed by atoms with Crippen LogP contribution in [0.2, 0.25) is 0 Å². The average molecular weight is 435 g/mol. The molecule has 0 radical (unpaired) electrons. The molecule has 1 unspecified atom stereocenters. The van der Waals surface area contributed by atoms with Gasteiger partial charge in [-0.25, -0.2) is 4.98 Å². The van der Waals surface area contributed by atoms with Crippen molar-refractivity contribution in [3.8, 4) is 5.75 Å². The fourth-order valence-electron chi connectivity index (χ4n) is 4.20. The molecule has 1 fully saturated rings. The third-order valence-corrected chi connectivity index (χ3v) is 5.71. The summed E-state index contributed by atoms with van der Waals surface area (Å²) in [6.07, 6.45) is 5.85. The number of nitrogens with zero attached hydrogens (tertiary/aromatic N) is 4. The largest absolute Gasteiger partial charge is 0.507 e. The van der Waals surface area contributed by atoms with Gasteiger partial charge in [-0.05, 0) is 26.3 Å². The number of methoxy groups -OCH3 is 1. The lowest BCUT2D eigenvalue weighted by Crippen LogP contribution is -2.31. The van der Waals surface area contributed by atoms with Gasteiger partial charge < -0.3 is 19.3 Å². The monoisotopic (exact) mass is 435 g/mol. The number of carbonyl (C=O) groups excluding carboxylic acids is 2. The minimum absolute atomic E-state index is 0.0368. The predicted molar refractivity (Wildman–Crippen MR) is 117 cm³/mol. The molecule has 0 saturated carbocycles. The van der Waals surface area contributed by atoms with Gasteiger partial charge in [0.15, 0.2) is 0 Å². The zero-order valence-corrected chi connectivity index (χ0v) is 18.2. The first-order valence-corrected chi connectivity index (χ1v) is 10.3. The van der Waals surface area contributed by atoms with Crippen LogP contribution in [0.4, 0.5) is 0 Å². The Bertz CT molecular complexity index is 1160. The van der Waals surface area contributed by atoms with Crippen LogP contribution in [0.15, 0.2) is 48.6 Å². The number of aromatic nitrogens is 4. The number of rotatable bonds is 7. The van der Waals surface area contributed by atoms with Gasteiger partial charge in [0, 0.05) is 36.7 Å². The van der Waals surface area contributed by atoms with Crippen molar-refractivity contribution in [2.75, 3.05) is 13.7 Å². The maximum Gasteiger partial charge on any atom is 0.295 e. The fraction of sp³-hybridized carbons (Fsp3) is 0.304. The highest BCUT2D eigenvalue weighted by Crippen LogP contribution is 2.43. The smallest absolute Gasteiger partial charge is 0.295 e. The number of aryl methyl sites for hydroxylation is 3. The molecule has 0 aliphatic carbocycles. The molecule has 1 aliphatic rings. The molecule has 9 nitrogen and oxygen atoms in total. The van der Waals surface area contributed by atoms with Crippen molar-refractivity contribution in [3.63, 3.8) is 0 Å². The first-order valence-electron chi connectivity index (χ1n) is 10.3. The molecule has 1 saturated heterocycles. The Balaban J connectivity index is 1.80. The van der Waals surface area contributed by atoms with Gasteiger partial charge in [-0.2, -0.15) is 5.10 Å². The molecule has 9 heteroatoms. The van der Waals surface area contributed by atoms with Crippen molar-refractivity contribution in [2.24, 2.45) is 0 Å². The summed E-state index contributed by atoms with van der Waals surface area (Å²) < 4.78 is 7.43. The third-order valence-electron chi connectivity index (χ3n) is 5.71. The molecular formula is C23H25N5O4. The summed E-state index contributed by atoms with van der Waals surface area (Å²) in [5.74, 6) is -1.07. The molecule has 2 aromatic heterocycles. The molecule has 0 spiro atoms. The summed E-state index contributed by atoms with van der Waals surface area (Å²) in [5.41, 5.74) is 2.27. The van der Waals surface area contributed by atoms with E-state index in [0.29, 0.717) is 47.8 Å². The highest BCUT2D eigenvalue weighted by Gasteiger charge is 2.47. The standard InChI is InChI=1S/C23H25N5O4/c1-14-18(15(2)26-25-14)21(29)19-20(16-7-4-5-8-17(16)32-3)28(23(31)22(19)30)11-6-10-27-12-9-24-13-27/h4-5,7-9,12-13,20,29H,6,10-11H2,1-3H3,(H,25,26). The van der Waals surface area contributed by atoms with Crippen molar-refractivity contribution in [3.05, 3.63) is 71.1 Å². The van der Waals surface area contributed by atoms with E-state index < -0.39 is 17.7 Å². The molecule has 0 bridgehead atoms. The Morgan fingerprint density at radius 3 is 2.66 bits per heavy atom. The second kappa shape index (κ2) is 8.70. The van der Waals surface area contributed by atoms with Gasteiger partial charge in [-0.15, -0.1) is 0 Å². The molecule has 166 valence electrons. The topological polar surface area (TPSA) is 113 Å². The number of Topliss-reactive ketones (excluding diaryl/α,β-unsaturated/α-hetero) is 1. The van der Waals surface area contributed by atoms with Gasteiger partial charge in [0.25, 0.3) is 11.7 Å². The number of hydrogen-bond donors (Lipinski definition) is 2. The van der Waals surface area contributed by atoms with Crippen LogP contribution >= 0.6 is 0 Å². The Hall–Kier alpha value is -3.88. The minimum Gasteiger partial charge on any atom is -0.507 e. The van der Waals surface area contributed by atoms with Gasteiger partial charge in [-0.3, -0.25) is 14.7 Å². The van der Waals surface area contributed by atoms with E-state index in [2.05, 4.69) is 15.2 Å². The van der Waals surface area contributed by atoms with E-state index in [1.54, 1.807) is 38.5 Å². The van der Waals surface area contributed by atoms with Gasteiger partial charge in [0.1, 0.15) is 11.5 Å². The molecule has 3 heterocycles. The van der Waals surface area contributed by atoms with Crippen LogP contribution in [0.1, 0.15) is 35.0 Å². The van der Waals surface area contributed by atoms with E-state index in [9.17, 15) is 14.7 Å². The number of aliphatic hydroxyl groups excluding tert-OH is 1. The zero-order chi connectivity index (χ0) is 22.8. The maximum absolute atomic E-state index is 13.2. The lowest BCUT2D eigenvalue weighted by molar-refractivity contribution is -0.140. The van der Waals surface area contributed by atoms with E-state index >= 15 is 0 Å². The van der Waals surface area contributed by atoms with Gasteiger partial charge in [-0.1, -0.05) is 18.2 Å². The van der Waals surface area contributed by atoms with Crippen LogP contribution in [-0.4, -0.2) is 55.1 Å². The number of ketones is 1. The first kappa shape index (κ1) is 21.4. The Labute approximate surface area is 185 Å². The van der Waals surface area contributed by atoms with Crippen molar-refractivity contribution < 1.29 is 19.4 Å². The number of ether oxygens (including phenoxy) is 1. The number of hydrogen-bond acceptors (Lipinski definition) is 6. The van der Waals surface area contributed by atoms with E-state index in [-0.39, 0.29) is 11.3 Å². The lowest BCUT2D eigenvalue weighted by atomic mass is 9.94. The summed E-state index contributed by atoms with van der Waals surface area (Å²) in [4.78, 5) is 31.8. The fourth-order valence-corrected chi connectivity index (χ4v) is 4.20. The molecular weight excluding hydrogens is 410 g/mol. The lowest BCUT2D eigenvalue weighted by Gasteiger charge is -2.26. The summed E-state index contributed by atoms with van der Waals surface area (Å²) in [5, 5.41) is 18.2. The average Bonchev–Trinajstić information content (AvgIpc) is 3.49. The second-order valence-corrected chi connectivity index (χ2v) is 7.70. The number of benzene rings is 1. The SMILES string of the molecule is COc1ccccc1C1C(=C(O)c2c(C)n[nH]c2C)C(=O)C(=O)N1CCCn1ccnc1. The normalized spacial score (nSPS) is 17.8. The molecule has 1 aromatic carbocycles. The molecule has 3 aromatic rings. The summed E-state index contributed by atoms with van der Waals surface area (Å²) in [7, 11) is 1.54. The first-order chi connectivity index (χ1) is 15.4. The third kappa shape index (κ3) is 3.66. The number of likely N-dealkylation sites (tertiary alicyclic amines) is 1. The zero-order valence-electron chi connectivity index (χ0n) is 18.2. The highest BCUT2D eigenvalue weighted by molar-refractivity contribution is 6.46. The molecule has 32 heavy (non-hydrogen) atoms. The number of para-hydroxylation sites is 1. The van der Waals surface area contributed by atoms with Crippen LogP contribution < -0.4 is 4.74 Å². The number of amides is 1. The van der Waals surface area contributed by atoms with E-state index in [0.717, 1.165) is 0 Å². The summed E-state index contributed by atoms with van der Waals surface area (Å²) >= 11 is 0. The van der Waals surface area contributed by atoms with Crippen LogP contribution in [0.5, 0.6) is 5.75 Å². The quantitative estimate of drug-likeness (QED) is 0.335. The highest BCUT2D eigenvalue weighted by atomic mass is 16.5. The molecule has 1 atom stereocenters. The number of nitrogens with one attached hydrogen (secondary N) is 1. The van der Waals surface area contributed by atoms with Crippen LogP contribution in [0.3, 0.4) is 0 Å². The Morgan fingerprint density at radius 1 is 1.22 bits per heavy atom. The number of aromatic amines is 1. The molecule has 4 rings (SSSR count). The van der Waals surface area contributed by atoms with E-state index in [4.69, 9.17) is 4.74 Å². The Kier molecular flexibility index (Phi) is 5.81. The summed E-state index contributed by atoms with van der Waals surface area (Å²) in [6.45, 7) is 4.46. The summed E-state index contributed by atoms with van der Waals surface area (Å²) in [6, 6.07) is 6.44. The van der Waals surface area contributed by atoms with Gasteiger partial charge in [0.2, 0.25) is 0 Å². The second-order valence-electron chi connectivity index (χ2n) is 7.70. The number of H-pyrrole nitrogens is 1. The Morgan fingerprint density at radius 2 is 2.00 bits per heavy atom. The molecule has 1 amide bonds. The molecule has 2 N–H and O–H groups in total. The molecule has 1 aliphatic heterocycles. The van der Waals surface area contributed by atoms with E-state index in [1.807, 2.05) is 22.9 Å². The van der Waals surface area contributed by atoms with Crippen molar-refractivity contribution in [2.45, 2.75) is 32.9 Å². The minimum atomic E-state index is -0.775. The van der Waals surface area contributed by atoms with Crippen molar-refractivity contribution in [1.29, 1.82) is 0 Å². The number of carbonyl (C=O) groups is 2.